The average Bonchev–Trinajstić information content (AvgIpc) is 2.72. The molecule has 7 heteroatoms. The van der Waals surface area contributed by atoms with Crippen molar-refractivity contribution in [2.24, 2.45) is 0 Å². The highest BCUT2D eigenvalue weighted by Crippen LogP contribution is 2.17. The van der Waals surface area contributed by atoms with Gasteiger partial charge in [-0.1, -0.05) is 38.3 Å². The van der Waals surface area contributed by atoms with E-state index in [1.165, 1.54) is 6.42 Å². The summed E-state index contributed by atoms with van der Waals surface area (Å²) in [6, 6.07) is 7.77. The van der Waals surface area contributed by atoms with E-state index in [0.29, 0.717) is 32.0 Å². The first-order valence-electron chi connectivity index (χ1n) is 9.87. The molecule has 2 aromatic rings. The number of nitrogens with zero attached hydrogens (tertiary/aromatic N) is 4. The maximum absolute atomic E-state index is 12.4. The lowest BCUT2D eigenvalue weighted by atomic mass is 10.1. The van der Waals surface area contributed by atoms with Crippen molar-refractivity contribution in [3.8, 4) is 0 Å². The van der Waals surface area contributed by atoms with Gasteiger partial charge in [-0.2, -0.15) is 0 Å². The van der Waals surface area contributed by atoms with Gasteiger partial charge in [0.25, 0.3) is 0 Å². The summed E-state index contributed by atoms with van der Waals surface area (Å²) in [7, 11) is 0. The second kappa shape index (κ2) is 9.82. The fourth-order valence-electron chi connectivity index (χ4n) is 3.23. The van der Waals surface area contributed by atoms with Crippen LogP contribution in [0.3, 0.4) is 0 Å². The molecule has 1 saturated heterocycles. The lowest BCUT2D eigenvalue weighted by molar-refractivity contribution is -0.156. The van der Waals surface area contributed by atoms with Crippen molar-refractivity contribution in [1.29, 1.82) is 0 Å². The summed E-state index contributed by atoms with van der Waals surface area (Å²) in [5, 5.41) is 3.17. The number of piperazine rings is 1. The maximum Gasteiger partial charge on any atom is 0.312 e. The third-order valence-electron chi connectivity index (χ3n) is 4.84. The van der Waals surface area contributed by atoms with Gasteiger partial charge in [-0.3, -0.25) is 14.6 Å². The fourth-order valence-corrected chi connectivity index (χ4v) is 3.23. The summed E-state index contributed by atoms with van der Waals surface area (Å²) in [6.07, 6.45) is 9.30. The number of hydrogen-bond donors (Lipinski definition) is 1. The van der Waals surface area contributed by atoms with Crippen LogP contribution in [0.5, 0.6) is 0 Å². The number of anilines is 2. The van der Waals surface area contributed by atoms with E-state index in [4.69, 9.17) is 0 Å². The molecule has 1 N–H and O–H groups in total. The molecule has 3 rings (SSSR count). The van der Waals surface area contributed by atoms with E-state index in [0.717, 1.165) is 30.5 Å². The van der Waals surface area contributed by atoms with Crippen LogP contribution in [0.15, 0.2) is 42.9 Å². The lowest BCUT2D eigenvalue weighted by Crippen LogP contribution is -2.54. The highest BCUT2D eigenvalue weighted by atomic mass is 16.2. The zero-order valence-electron chi connectivity index (χ0n) is 16.3. The first-order valence-corrected chi connectivity index (χ1v) is 9.87. The minimum atomic E-state index is -0.400. The summed E-state index contributed by atoms with van der Waals surface area (Å²) in [5.74, 6) is -0.0988. The first kappa shape index (κ1) is 19.8. The Balaban J connectivity index is 1.51. The second-order valence-electron chi connectivity index (χ2n) is 6.99. The van der Waals surface area contributed by atoms with Crippen LogP contribution in [0.25, 0.3) is 0 Å². The Morgan fingerprint density at radius 1 is 0.964 bits per heavy atom. The van der Waals surface area contributed by atoms with Crippen LogP contribution in [-0.2, 0) is 16.1 Å². The van der Waals surface area contributed by atoms with E-state index in [2.05, 4.69) is 22.2 Å². The zero-order valence-corrected chi connectivity index (χ0v) is 16.3. The molecular formula is C21H27N5O2. The van der Waals surface area contributed by atoms with Gasteiger partial charge < -0.3 is 15.1 Å². The molecule has 0 unspecified atom stereocenters. The van der Waals surface area contributed by atoms with Crippen molar-refractivity contribution in [3.05, 3.63) is 48.4 Å². The van der Waals surface area contributed by atoms with Crippen molar-refractivity contribution in [1.82, 2.24) is 19.8 Å². The molecule has 1 fully saturated rings. The van der Waals surface area contributed by atoms with Gasteiger partial charge in [0, 0.05) is 44.3 Å². The largest absolute Gasteiger partial charge is 0.339 e. The zero-order chi connectivity index (χ0) is 19.8. The molecule has 0 saturated carbocycles. The van der Waals surface area contributed by atoms with Crippen molar-refractivity contribution in [2.75, 3.05) is 25.0 Å². The molecule has 0 spiro atoms. The van der Waals surface area contributed by atoms with Gasteiger partial charge in [0.1, 0.15) is 5.82 Å². The van der Waals surface area contributed by atoms with Crippen LogP contribution in [0.1, 0.15) is 38.2 Å². The van der Waals surface area contributed by atoms with E-state index in [-0.39, 0.29) is 5.91 Å². The summed E-state index contributed by atoms with van der Waals surface area (Å²) < 4.78 is 0. The molecule has 1 aliphatic rings. The van der Waals surface area contributed by atoms with Gasteiger partial charge in [-0.15, -0.1) is 0 Å². The molecule has 0 radical (unpaired) electrons. The van der Waals surface area contributed by atoms with E-state index < -0.39 is 5.91 Å². The standard InChI is InChI=1S/C21H27N5O2/c1-2-3-4-5-12-25-13-14-26(21(28)20(25)27)16-17-6-8-18(9-7-17)24-19-15-22-10-11-23-19/h6-11,15H,2-5,12-14,16H2,1H3,(H,23,24). The Labute approximate surface area is 165 Å². The molecule has 1 aromatic heterocycles. The Bertz CT molecular complexity index is 779. The SMILES string of the molecule is CCCCCCN1CCN(Cc2ccc(Nc3cnccn3)cc2)C(=O)C1=O. The molecular weight excluding hydrogens is 354 g/mol. The normalized spacial score (nSPS) is 14.5. The van der Waals surface area contributed by atoms with Crippen LogP contribution >= 0.6 is 0 Å². The number of nitrogens with one attached hydrogen (secondary N) is 1. The number of benzene rings is 1. The minimum absolute atomic E-state index is 0.372. The highest BCUT2D eigenvalue weighted by Gasteiger charge is 2.31. The Kier molecular flexibility index (Phi) is 6.94. The molecule has 2 heterocycles. The van der Waals surface area contributed by atoms with Crippen molar-refractivity contribution < 1.29 is 9.59 Å². The van der Waals surface area contributed by atoms with Gasteiger partial charge in [-0.05, 0) is 24.1 Å². The van der Waals surface area contributed by atoms with Crippen molar-refractivity contribution in [3.63, 3.8) is 0 Å². The molecule has 0 atom stereocenters. The average molecular weight is 381 g/mol. The molecule has 0 bridgehead atoms. The van der Waals surface area contributed by atoms with Gasteiger partial charge in [0.05, 0.1) is 6.20 Å². The number of amides is 2. The van der Waals surface area contributed by atoms with Crippen LogP contribution in [0.2, 0.25) is 0 Å². The molecule has 148 valence electrons. The summed E-state index contributed by atoms with van der Waals surface area (Å²) >= 11 is 0. The number of carbonyl (C=O) groups excluding carboxylic acids is 2. The maximum atomic E-state index is 12.4. The minimum Gasteiger partial charge on any atom is -0.339 e. The Morgan fingerprint density at radius 3 is 2.43 bits per heavy atom. The first-order chi connectivity index (χ1) is 13.7. The van der Waals surface area contributed by atoms with Crippen molar-refractivity contribution in [2.45, 2.75) is 39.2 Å². The van der Waals surface area contributed by atoms with Gasteiger partial charge >= 0.3 is 11.8 Å². The molecule has 1 aliphatic heterocycles. The number of aromatic nitrogens is 2. The fraction of sp³-hybridized carbons (Fsp3) is 0.429. The topological polar surface area (TPSA) is 78.4 Å². The van der Waals surface area contributed by atoms with E-state index in [1.54, 1.807) is 28.4 Å². The summed E-state index contributed by atoms with van der Waals surface area (Å²) in [6.45, 7) is 4.48. The van der Waals surface area contributed by atoms with Crippen LogP contribution in [-0.4, -0.2) is 51.2 Å². The van der Waals surface area contributed by atoms with Gasteiger partial charge in [0.2, 0.25) is 0 Å². The monoisotopic (exact) mass is 381 g/mol. The predicted octanol–water partition coefficient (Wildman–Crippen LogP) is 2.97. The second-order valence-corrected chi connectivity index (χ2v) is 6.99. The number of carbonyl (C=O) groups is 2. The van der Waals surface area contributed by atoms with Gasteiger partial charge in [0.15, 0.2) is 0 Å². The predicted molar refractivity (Wildman–Crippen MR) is 108 cm³/mol. The summed E-state index contributed by atoms with van der Waals surface area (Å²) in [4.78, 5) is 36.3. The third-order valence-corrected chi connectivity index (χ3v) is 4.84. The molecule has 28 heavy (non-hydrogen) atoms. The Morgan fingerprint density at radius 2 is 1.71 bits per heavy atom. The Hall–Kier alpha value is -2.96. The number of hydrogen-bond acceptors (Lipinski definition) is 5. The quantitative estimate of drug-likeness (QED) is 0.534. The molecule has 7 nitrogen and oxygen atoms in total. The number of rotatable bonds is 9. The molecule has 0 aliphatic carbocycles. The van der Waals surface area contributed by atoms with Crippen LogP contribution < -0.4 is 5.32 Å². The molecule has 1 aromatic carbocycles. The lowest BCUT2D eigenvalue weighted by Gasteiger charge is -2.33. The summed E-state index contributed by atoms with van der Waals surface area (Å²) in [5.41, 5.74) is 1.88. The highest BCUT2D eigenvalue weighted by molar-refractivity contribution is 6.35. The smallest absolute Gasteiger partial charge is 0.312 e. The number of unbranched alkanes of at least 4 members (excludes halogenated alkanes) is 3. The van der Waals surface area contributed by atoms with Gasteiger partial charge in [-0.25, -0.2) is 4.98 Å². The van der Waals surface area contributed by atoms with Crippen LogP contribution in [0.4, 0.5) is 11.5 Å². The van der Waals surface area contributed by atoms with Crippen LogP contribution in [0, 0.1) is 0 Å². The van der Waals surface area contributed by atoms with E-state index in [9.17, 15) is 9.59 Å². The van der Waals surface area contributed by atoms with E-state index >= 15 is 0 Å². The third kappa shape index (κ3) is 5.28. The molecule has 2 amide bonds. The van der Waals surface area contributed by atoms with E-state index in [1.807, 2.05) is 24.3 Å². The van der Waals surface area contributed by atoms with Crippen molar-refractivity contribution >= 4 is 23.3 Å².